The Kier molecular flexibility index (Phi) is 8.34. The molecular weight excluding hydrogens is 451 g/mol. The fourth-order valence-electron chi connectivity index (χ4n) is 4.14. The number of ether oxygens (including phenoxy) is 1. The van der Waals surface area contributed by atoms with Gasteiger partial charge in [0, 0.05) is 12.2 Å². The van der Waals surface area contributed by atoms with Gasteiger partial charge in [0.15, 0.2) is 11.0 Å². The van der Waals surface area contributed by atoms with E-state index in [9.17, 15) is 9.18 Å². The average molecular weight is 483 g/mol. The molecule has 1 fully saturated rings. The first-order valence-corrected chi connectivity index (χ1v) is 12.8. The van der Waals surface area contributed by atoms with Crippen molar-refractivity contribution in [3.05, 3.63) is 66.0 Å². The molecule has 2 heterocycles. The predicted octanol–water partition coefficient (Wildman–Crippen LogP) is 5.40. The van der Waals surface area contributed by atoms with Gasteiger partial charge in [0.25, 0.3) is 0 Å². The zero-order chi connectivity index (χ0) is 23.9. The summed E-state index contributed by atoms with van der Waals surface area (Å²) in [4.78, 5) is 13.1. The summed E-state index contributed by atoms with van der Waals surface area (Å²) in [5.74, 6) is 0.315. The second-order valence-electron chi connectivity index (χ2n) is 8.58. The molecule has 34 heavy (non-hydrogen) atoms. The number of benzene rings is 2. The van der Waals surface area contributed by atoms with Crippen LogP contribution in [0.15, 0.2) is 59.8 Å². The highest BCUT2D eigenvalue weighted by atomic mass is 32.2. The monoisotopic (exact) mass is 482 g/mol. The van der Waals surface area contributed by atoms with Gasteiger partial charge in [-0.25, -0.2) is 4.39 Å². The molecule has 0 saturated carbocycles. The molecule has 6 nitrogen and oxygen atoms in total. The number of nitrogens with one attached hydrogen (secondary N) is 1. The van der Waals surface area contributed by atoms with Gasteiger partial charge in [-0.1, -0.05) is 55.4 Å². The standard InChI is InChI=1S/C26H31FN4O2S/c1-3-8-23(19-9-5-4-6-10-19)28-25(32)18(2)34-26-30-29-24(20-12-14-21(27)15-13-20)31(26)17-22-11-7-16-33-22/h4-6,9-10,12-15,18,22-23H,3,7-8,11,16-17H2,1-2H3,(H,28,32). The smallest absolute Gasteiger partial charge is 0.233 e. The van der Waals surface area contributed by atoms with Gasteiger partial charge < -0.3 is 10.1 Å². The number of thioether (sulfide) groups is 1. The number of halogens is 1. The minimum atomic E-state index is -0.364. The molecule has 0 spiro atoms. The highest BCUT2D eigenvalue weighted by Crippen LogP contribution is 2.29. The van der Waals surface area contributed by atoms with E-state index in [1.165, 1.54) is 23.9 Å². The van der Waals surface area contributed by atoms with E-state index >= 15 is 0 Å². The van der Waals surface area contributed by atoms with Gasteiger partial charge >= 0.3 is 0 Å². The summed E-state index contributed by atoms with van der Waals surface area (Å²) >= 11 is 1.38. The molecule has 0 aliphatic carbocycles. The van der Waals surface area contributed by atoms with Crippen LogP contribution in [0.2, 0.25) is 0 Å². The molecule has 1 aliphatic heterocycles. The Hall–Kier alpha value is -2.71. The zero-order valence-electron chi connectivity index (χ0n) is 19.6. The Balaban J connectivity index is 1.52. The number of aromatic nitrogens is 3. The van der Waals surface area contributed by atoms with E-state index in [1.54, 1.807) is 12.1 Å². The van der Waals surface area contributed by atoms with E-state index in [1.807, 2.05) is 41.8 Å². The molecule has 4 rings (SSSR count). The van der Waals surface area contributed by atoms with Gasteiger partial charge in [0.2, 0.25) is 5.91 Å². The molecule has 8 heteroatoms. The number of hydrogen-bond donors (Lipinski definition) is 1. The molecule has 3 unspecified atom stereocenters. The Morgan fingerprint density at radius 1 is 1.21 bits per heavy atom. The van der Waals surface area contributed by atoms with E-state index in [-0.39, 0.29) is 29.1 Å². The van der Waals surface area contributed by atoms with E-state index in [4.69, 9.17) is 4.74 Å². The average Bonchev–Trinajstić information content (AvgIpc) is 3.50. The SMILES string of the molecule is CCCC(NC(=O)C(C)Sc1nnc(-c2ccc(F)cc2)n1CC1CCCO1)c1ccccc1. The first kappa shape index (κ1) is 24.4. The second-order valence-corrected chi connectivity index (χ2v) is 9.89. The lowest BCUT2D eigenvalue weighted by atomic mass is 10.0. The van der Waals surface area contributed by atoms with Crippen molar-refractivity contribution in [1.29, 1.82) is 0 Å². The van der Waals surface area contributed by atoms with Crippen molar-refractivity contribution >= 4 is 17.7 Å². The van der Waals surface area contributed by atoms with Crippen LogP contribution in [0, 0.1) is 5.82 Å². The maximum atomic E-state index is 13.5. The van der Waals surface area contributed by atoms with Crippen LogP contribution in [0.5, 0.6) is 0 Å². The maximum absolute atomic E-state index is 13.5. The highest BCUT2D eigenvalue weighted by molar-refractivity contribution is 8.00. The minimum Gasteiger partial charge on any atom is -0.376 e. The van der Waals surface area contributed by atoms with Gasteiger partial charge in [0.1, 0.15) is 5.82 Å². The normalized spacial score (nSPS) is 17.4. The molecule has 3 atom stereocenters. The van der Waals surface area contributed by atoms with Gasteiger partial charge in [-0.2, -0.15) is 0 Å². The third kappa shape index (κ3) is 6.04. The lowest BCUT2D eigenvalue weighted by molar-refractivity contribution is -0.121. The summed E-state index contributed by atoms with van der Waals surface area (Å²) in [6.45, 7) is 5.35. The molecule has 2 aromatic carbocycles. The fourth-order valence-corrected chi connectivity index (χ4v) is 5.01. The third-order valence-electron chi connectivity index (χ3n) is 5.98. The lowest BCUT2D eigenvalue weighted by Crippen LogP contribution is -2.34. The fraction of sp³-hybridized carbons (Fsp3) is 0.423. The van der Waals surface area contributed by atoms with Gasteiger partial charge in [-0.05, 0) is 56.0 Å². The third-order valence-corrected chi connectivity index (χ3v) is 7.06. The van der Waals surface area contributed by atoms with Crippen molar-refractivity contribution < 1.29 is 13.9 Å². The van der Waals surface area contributed by atoms with E-state index in [2.05, 4.69) is 22.4 Å². The van der Waals surface area contributed by atoms with Gasteiger partial charge in [-0.3, -0.25) is 9.36 Å². The minimum absolute atomic E-state index is 0.0266. The van der Waals surface area contributed by atoms with Gasteiger partial charge in [-0.15, -0.1) is 10.2 Å². The second kappa shape index (κ2) is 11.6. The van der Waals surface area contributed by atoms with Crippen molar-refractivity contribution in [2.45, 2.75) is 68.6 Å². The number of hydrogen-bond acceptors (Lipinski definition) is 5. The largest absolute Gasteiger partial charge is 0.376 e. The lowest BCUT2D eigenvalue weighted by Gasteiger charge is -2.21. The van der Waals surface area contributed by atoms with Crippen molar-refractivity contribution in [1.82, 2.24) is 20.1 Å². The van der Waals surface area contributed by atoms with E-state index in [0.717, 1.165) is 43.4 Å². The summed E-state index contributed by atoms with van der Waals surface area (Å²) in [5.41, 5.74) is 1.89. The van der Waals surface area contributed by atoms with Crippen LogP contribution in [0.25, 0.3) is 11.4 Å². The summed E-state index contributed by atoms with van der Waals surface area (Å²) in [7, 11) is 0. The van der Waals surface area contributed by atoms with Crippen LogP contribution < -0.4 is 5.32 Å². The molecule has 1 aromatic heterocycles. The predicted molar refractivity (Wildman–Crippen MR) is 132 cm³/mol. The summed E-state index contributed by atoms with van der Waals surface area (Å²) in [6, 6.07) is 16.3. The van der Waals surface area contributed by atoms with E-state index < -0.39 is 0 Å². The van der Waals surface area contributed by atoms with Crippen LogP contribution in [0.1, 0.15) is 51.1 Å². The van der Waals surface area contributed by atoms with Crippen LogP contribution in [-0.4, -0.2) is 38.6 Å². The highest BCUT2D eigenvalue weighted by Gasteiger charge is 2.25. The first-order chi connectivity index (χ1) is 16.5. The van der Waals surface area contributed by atoms with Gasteiger partial charge in [0.05, 0.1) is 23.9 Å². The first-order valence-electron chi connectivity index (χ1n) is 11.9. The summed E-state index contributed by atoms with van der Waals surface area (Å²) in [5, 5.41) is 12.3. The molecule has 1 N–H and O–H groups in total. The molecular formula is C26H31FN4O2S. The maximum Gasteiger partial charge on any atom is 0.233 e. The molecule has 1 aliphatic rings. The summed E-state index contributed by atoms with van der Waals surface area (Å²) < 4.78 is 21.3. The molecule has 1 amide bonds. The number of nitrogens with zero attached hydrogens (tertiary/aromatic N) is 3. The van der Waals surface area contributed by atoms with Crippen molar-refractivity contribution in [2.75, 3.05) is 6.61 Å². The quantitative estimate of drug-likeness (QED) is 0.392. The van der Waals surface area contributed by atoms with Crippen LogP contribution in [0.4, 0.5) is 4.39 Å². The van der Waals surface area contributed by atoms with Crippen molar-refractivity contribution in [2.24, 2.45) is 0 Å². The number of carbonyl (C=O) groups is 1. The number of rotatable bonds is 10. The Morgan fingerprint density at radius 3 is 2.65 bits per heavy atom. The number of amides is 1. The van der Waals surface area contributed by atoms with Crippen LogP contribution >= 0.6 is 11.8 Å². The van der Waals surface area contributed by atoms with Crippen molar-refractivity contribution in [3.8, 4) is 11.4 Å². The zero-order valence-corrected chi connectivity index (χ0v) is 20.4. The Morgan fingerprint density at radius 2 is 1.97 bits per heavy atom. The Bertz CT molecular complexity index is 1070. The number of carbonyl (C=O) groups excluding carboxylic acids is 1. The molecule has 3 aromatic rings. The van der Waals surface area contributed by atoms with Crippen LogP contribution in [0.3, 0.4) is 0 Å². The molecule has 1 saturated heterocycles. The topological polar surface area (TPSA) is 69.0 Å². The Labute approximate surface area is 204 Å². The molecule has 180 valence electrons. The van der Waals surface area contributed by atoms with E-state index in [0.29, 0.717) is 17.5 Å². The van der Waals surface area contributed by atoms with Crippen molar-refractivity contribution in [3.63, 3.8) is 0 Å². The van der Waals surface area contributed by atoms with Crippen LogP contribution in [-0.2, 0) is 16.1 Å². The molecule has 0 radical (unpaired) electrons. The summed E-state index contributed by atoms with van der Waals surface area (Å²) in [6.07, 6.45) is 3.91. The molecule has 0 bridgehead atoms.